The van der Waals surface area contributed by atoms with Gasteiger partial charge in [0.25, 0.3) is 0 Å². The maximum absolute atomic E-state index is 5.74. The molecule has 0 saturated carbocycles. The number of hydrogen-bond donors (Lipinski definition) is 2. The normalized spacial score (nSPS) is 19.9. The lowest BCUT2D eigenvalue weighted by Gasteiger charge is -2.31. The van der Waals surface area contributed by atoms with Crippen molar-refractivity contribution in [3.05, 3.63) is 11.8 Å². The van der Waals surface area contributed by atoms with E-state index in [1.165, 1.54) is 6.42 Å². The van der Waals surface area contributed by atoms with Crippen LogP contribution in [0.5, 0.6) is 0 Å². The molecule has 3 rings (SSSR count). The van der Waals surface area contributed by atoms with Crippen LogP contribution in [-0.4, -0.2) is 40.0 Å². The highest BCUT2D eigenvalue weighted by Crippen LogP contribution is 2.22. The number of aryl methyl sites for hydroxylation is 1. The molecule has 0 aliphatic carbocycles. The summed E-state index contributed by atoms with van der Waals surface area (Å²) in [6, 6.07) is 1.84. The minimum atomic E-state index is 0.531. The first-order valence-electron chi connectivity index (χ1n) is 6.57. The second-order valence-corrected chi connectivity index (χ2v) is 5.01. The van der Waals surface area contributed by atoms with E-state index >= 15 is 0 Å². The predicted octanol–water partition coefficient (Wildman–Crippen LogP) is 0.943. The molecule has 1 aliphatic heterocycles. The van der Waals surface area contributed by atoms with Crippen LogP contribution in [-0.2, 0) is 0 Å². The van der Waals surface area contributed by atoms with E-state index in [1.54, 1.807) is 0 Å². The highest BCUT2D eigenvalue weighted by molar-refractivity contribution is 5.49. The molecule has 3 N–H and O–H groups in total. The summed E-state index contributed by atoms with van der Waals surface area (Å²) in [6.45, 7) is 4.49. The van der Waals surface area contributed by atoms with Gasteiger partial charge in [-0.1, -0.05) is 5.16 Å². The van der Waals surface area contributed by atoms with Gasteiger partial charge in [0.2, 0.25) is 11.7 Å². The predicted molar refractivity (Wildman–Crippen MR) is 70.6 cm³/mol. The van der Waals surface area contributed by atoms with Crippen LogP contribution in [0.25, 0.3) is 11.6 Å². The van der Waals surface area contributed by atoms with Gasteiger partial charge >= 0.3 is 0 Å². The molecule has 3 heterocycles. The van der Waals surface area contributed by atoms with Gasteiger partial charge in [-0.05, 0) is 32.2 Å². The molecular weight excluding hydrogens is 244 g/mol. The highest BCUT2D eigenvalue weighted by Gasteiger charge is 2.22. The van der Waals surface area contributed by atoms with Crippen molar-refractivity contribution < 1.29 is 4.52 Å². The van der Waals surface area contributed by atoms with E-state index < -0.39 is 0 Å². The fourth-order valence-corrected chi connectivity index (χ4v) is 2.42. The van der Waals surface area contributed by atoms with Gasteiger partial charge in [-0.15, -0.1) is 5.10 Å². The van der Waals surface area contributed by atoms with Gasteiger partial charge in [-0.25, -0.2) is 0 Å². The number of nitrogens with one attached hydrogen (secondary N) is 1. The third-order valence-corrected chi connectivity index (χ3v) is 3.47. The Kier molecular flexibility index (Phi) is 3.20. The van der Waals surface area contributed by atoms with Crippen molar-refractivity contribution in [2.45, 2.75) is 19.8 Å². The summed E-state index contributed by atoms with van der Waals surface area (Å²) >= 11 is 0. The zero-order valence-corrected chi connectivity index (χ0v) is 11.0. The molecule has 7 heteroatoms. The minimum Gasteiger partial charge on any atom is -0.353 e. The van der Waals surface area contributed by atoms with Crippen LogP contribution < -0.4 is 10.6 Å². The number of piperidine rings is 1. The van der Waals surface area contributed by atoms with Crippen molar-refractivity contribution in [1.29, 1.82) is 0 Å². The number of anilines is 1. The standard InChI is InChI=1S/C12H18N6O/c1-8-5-10(19-17-8)11-14-12(16-15-11)18-4-2-3-9(6-13)7-18/h5,9H,2-4,6-7,13H2,1H3,(H,14,15,16). The third kappa shape index (κ3) is 2.46. The van der Waals surface area contributed by atoms with Gasteiger partial charge in [0.05, 0.1) is 5.69 Å². The van der Waals surface area contributed by atoms with Gasteiger partial charge in [0, 0.05) is 19.2 Å². The van der Waals surface area contributed by atoms with E-state index in [0.717, 1.165) is 31.7 Å². The van der Waals surface area contributed by atoms with Crippen LogP contribution in [0.3, 0.4) is 0 Å². The summed E-state index contributed by atoms with van der Waals surface area (Å²) in [7, 11) is 0. The second kappa shape index (κ2) is 5.00. The number of hydrogen-bond acceptors (Lipinski definition) is 6. The van der Waals surface area contributed by atoms with E-state index in [1.807, 2.05) is 13.0 Å². The Morgan fingerprint density at radius 3 is 3.21 bits per heavy atom. The SMILES string of the molecule is Cc1cc(-c2nc(N3CCCC(CN)C3)n[nH]2)on1. The quantitative estimate of drug-likeness (QED) is 0.854. The summed E-state index contributed by atoms with van der Waals surface area (Å²) < 4.78 is 5.17. The maximum Gasteiger partial charge on any atom is 0.245 e. The number of nitrogens with zero attached hydrogens (tertiary/aromatic N) is 4. The van der Waals surface area contributed by atoms with Gasteiger partial charge in [-0.3, -0.25) is 5.10 Å². The van der Waals surface area contributed by atoms with Crippen LogP contribution >= 0.6 is 0 Å². The Bertz CT molecular complexity index is 548. The summed E-state index contributed by atoms with van der Waals surface area (Å²) in [4.78, 5) is 6.64. The zero-order valence-electron chi connectivity index (χ0n) is 11.0. The molecule has 1 saturated heterocycles. The van der Waals surface area contributed by atoms with Crippen LogP contribution in [0.1, 0.15) is 18.5 Å². The van der Waals surface area contributed by atoms with Crippen molar-refractivity contribution in [1.82, 2.24) is 20.3 Å². The second-order valence-electron chi connectivity index (χ2n) is 5.01. The van der Waals surface area contributed by atoms with Crippen LogP contribution in [0.4, 0.5) is 5.95 Å². The smallest absolute Gasteiger partial charge is 0.245 e. The van der Waals surface area contributed by atoms with Crippen LogP contribution in [0.2, 0.25) is 0 Å². The van der Waals surface area contributed by atoms with E-state index in [9.17, 15) is 0 Å². The molecule has 1 atom stereocenters. The van der Waals surface area contributed by atoms with Gasteiger partial charge in [0.1, 0.15) is 0 Å². The molecule has 0 amide bonds. The average Bonchev–Trinajstić information content (AvgIpc) is 3.07. The molecule has 1 aliphatic rings. The average molecular weight is 262 g/mol. The van der Waals surface area contributed by atoms with E-state index in [-0.39, 0.29) is 0 Å². The van der Waals surface area contributed by atoms with Crippen molar-refractivity contribution in [2.75, 3.05) is 24.5 Å². The summed E-state index contributed by atoms with van der Waals surface area (Å²) in [5, 5.41) is 11.0. The van der Waals surface area contributed by atoms with Crippen molar-refractivity contribution >= 4 is 5.95 Å². The van der Waals surface area contributed by atoms with Crippen LogP contribution in [0, 0.1) is 12.8 Å². The molecule has 0 aromatic carbocycles. The summed E-state index contributed by atoms with van der Waals surface area (Å²) in [5.74, 6) is 2.47. The lowest BCUT2D eigenvalue weighted by Crippen LogP contribution is -2.38. The third-order valence-electron chi connectivity index (χ3n) is 3.47. The summed E-state index contributed by atoms with van der Waals surface area (Å²) in [5.41, 5.74) is 6.57. The van der Waals surface area contributed by atoms with E-state index in [2.05, 4.69) is 25.2 Å². The van der Waals surface area contributed by atoms with Gasteiger partial charge < -0.3 is 15.2 Å². The lowest BCUT2D eigenvalue weighted by molar-refractivity contribution is 0.419. The molecule has 2 aromatic heterocycles. The number of H-pyrrole nitrogens is 1. The Morgan fingerprint density at radius 2 is 2.47 bits per heavy atom. The highest BCUT2D eigenvalue weighted by atomic mass is 16.5. The Labute approximate surface area is 111 Å². The first-order valence-corrected chi connectivity index (χ1v) is 6.57. The van der Waals surface area contributed by atoms with Gasteiger partial charge in [-0.2, -0.15) is 4.98 Å². The molecule has 102 valence electrons. The van der Waals surface area contributed by atoms with Gasteiger partial charge in [0.15, 0.2) is 5.82 Å². The van der Waals surface area contributed by atoms with Crippen molar-refractivity contribution in [2.24, 2.45) is 11.7 Å². The minimum absolute atomic E-state index is 0.531. The Morgan fingerprint density at radius 1 is 1.58 bits per heavy atom. The fourth-order valence-electron chi connectivity index (χ4n) is 2.42. The number of aromatic amines is 1. The number of rotatable bonds is 3. The number of nitrogens with two attached hydrogens (primary N) is 1. The molecule has 0 spiro atoms. The fraction of sp³-hybridized carbons (Fsp3) is 0.583. The molecular formula is C12H18N6O. The van der Waals surface area contributed by atoms with Crippen molar-refractivity contribution in [3.8, 4) is 11.6 Å². The molecule has 0 bridgehead atoms. The lowest BCUT2D eigenvalue weighted by atomic mass is 9.99. The maximum atomic E-state index is 5.74. The Hall–Kier alpha value is -1.89. The molecule has 7 nitrogen and oxygen atoms in total. The monoisotopic (exact) mass is 262 g/mol. The largest absolute Gasteiger partial charge is 0.353 e. The van der Waals surface area contributed by atoms with E-state index in [0.29, 0.717) is 23.5 Å². The molecule has 19 heavy (non-hydrogen) atoms. The number of aromatic nitrogens is 4. The summed E-state index contributed by atoms with van der Waals surface area (Å²) in [6.07, 6.45) is 2.32. The van der Waals surface area contributed by atoms with Crippen LogP contribution in [0.15, 0.2) is 10.6 Å². The zero-order chi connectivity index (χ0) is 13.2. The first kappa shape index (κ1) is 12.2. The van der Waals surface area contributed by atoms with Crippen molar-refractivity contribution in [3.63, 3.8) is 0 Å². The first-order chi connectivity index (χ1) is 9.26. The molecule has 1 fully saturated rings. The molecule has 1 unspecified atom stereocenters. The molecule has 2 aromatic rings. The topological polar surface area (TPSA) is 96.9 Å². The van der Waals surface area contributed by atoms with E-state index in [4.69, 9.17) is 10.3 Å². The molecule has 0 radical (unpaired) electrons. The Balaban J connectivity index is 1.77.